The van der Waals surface area contributed by atoms with E-state index in [-0.39, 0.29) is 6.42 Å². The summed E-state index contributed by atoms with van der Waals surface area (Å²) < 4.78 is 5.08. The van der Waals surface area contributed by atoms with Gasteiger partial charge in [-0.05, 0) is 40.0 Å². The Morgan fingerprint density at radius 2 is 1.89 bits per heavy atom. The lowest BCUT2D eigenvalue weighted by Crippen LogP contribution is -2.49. The largest absolute Gasteiger partial charge is 0.481 e. The Bertz CT molecular complexity index is 323. The molecule has 0 aromatic heterocycles. The second-order valence-electron chi connectivity index (χ2n) is 5.67. The number of hydrogen-bond acceptors (Lipinski definition) is 4. The summed E-state index contributed by atoms with van der Waals surface area (Å²) in [7, 11) is 0. The van der Waals surface area contributed by atoms with Crippen LogP contribution in [0.15, 0.2) is 0 Å². The van der Waals surface area contributed by atoms with Gasteiger partial charge >= 0.3 is 12.1 Å². The number of carboxylic acid groups (broad SMARTS) is 1. The molecular formula is C12H21NO5. The number of carboxylic acids is 1. The maximum absolute atomic E-state index is 11.6. The molecule has 0 radical (unpaired) electrons. The summed E-state index contributed by atoms with van der Waals surface area (Å²) in [6, 6.07) is -0.560. The van der Waals surface area contributed by atoms with Crippen LogP contribution in [0.1, 0.15) is 40.0 Å². The van der Waals surface area contributed by atoms with E-state index in [1.54, 1.807) is 20.8 Å². The van der Waals surface area contributed by atoms with Crippen molar-refractivity contribution in [2.75, 3.05) is 0 Å². The summed E-state index contributed by atoms with van der Waals surface area (Å²) in [6.07, 6.45) is -0.304. The van der Waals surface area contributed by atoms with E-state index >= 15 is 0 Å². The van der Waals surface area contributed by atoms with Crippen LogP contribution in [0.2, 0.25) is 0 Å². The highest BCUT2D eigenvalue weighted by Crippen LogP contribution is 2.25. The molecule has 1 amide bonds. The standard InChI is InChI=1S/C12H21NO5/c1-12(2,3)18-11(17)13-8-6-7(10(15)16)4-5-9(8)14/h7-9,14H,4-6H2,1-3H3,(H,13,17)(H,15,16)/t7-,8-,9+/m1/s1. The fraction of sp³-hybridized carbons (Fsp3) is 0.833. The number of aliphatic hydroxyl groups is 1. The summed E-state index contributed by atoms with van der Waals surface area (Å²) in [6.45, 7) is 5.22. The van der Waals surface area contributed by atoms with Crippen molar-refractivity contribution in [1.29, 1.82) is 0 Å². The normalized spacial score (nSPS) is 28.6. The molecule has 1 aliphatic rings. The first-order chi connectivity index (χ1) is 8.19. The van der Waals surface area contributed by atoms with Crippen molar-refractivity contribution in [1.82, 2.24) is 5.32 Å². The third-order valence-corrected chi connectivity index (χ3v) is 2.87. The van der Waals surface area contributed by atoms with Crippen LogP contribution in [-0.4, -0.2) is 40.0 Å². The molecule has 0 aromatic carbocycles. The van der Waals surface area contributed by atoms with Crippen LogP contribution in [0.3, 0.4) is 0 Å². The second kappa shape index (κ2) is 5.56. The smallest absolute Gasteiger partial charge is 0.407 e. The first-order valence-corrected chi connectivity index (χ1v) is 6.09. The third-order valence-electron chi connectivity index (χ3n) is 2.87. The lowest BCUT2D eigenvalue weighted by Gasteiger charge is -2.32. The summed E-state index contributed by atoms with van der Waals surface area (Å²) in [5.74, 6) is -1.41. The quantitative estimate of drug-likeness (QED) is 0.690. The molecule has 1 fully saturated rings. The molecule has 1 saturated carbocycles. The SMILES string of the molecule is CC(C)(C)OC(=O)N[C@@H]1C[C@H](C(=O)O)CC[C@@H]1O. The van der Waals surface area contributed by atoms with Crippen molar-refractivity contribution in [3.05, 3.63) is 0 Å². The molecule has 3 atom stereocenters. The highest BCUT2D eigenvalue weighted by atomic mass is 16.6. The van der Waals surface area contributed by atoms with Crippen LogP contribution in [0.25, 0.3) is 0 Å². The fourth-order valence-corrected chi connectivity index (χ4v) is 1.99. The van der Waals surface area contributed by atoms with Gasteiger partial charge in [0.2, 0.25) is 0 Å². The number of amides is 1. The van der Waals surface area contributed by atoms with E-state index in [0.717, 1.165) is 0 Å². The predicted octanol–water partition coefficient (Wildman–Crippen LogP) is 1.13. The summed E-state index contributed by atoms with van der Waals surface area (Å²) in [5.41, 5.74) is -0.615. The highest BCUT2D eigenvalue weighted by molar-refractivity contribution is 5.71. The summed E-state index contributed by atoms with van der Waals surface area (Å²) >= 11 is 0. The number of alkyl carbamates (subject to hydrolysis) is 1. The van der Waals surface area contributed by atoms with Gasteiger partial charge in [0.05, 0.1) is 18.1 Å². The maximum Gasteiger partial charge on any atom is 0.407 e. The molecule has 18 heavy (non-hydrogen) atoms. The van der Waals surface area contributed by atoms with Gasteiger partial charge < -0.3 is 20.3 Å². The number of hydrogen-bond donors (Lipinski definition) is 3. The lowest BCUT2D eigenvalue weighted by molar-refractivity contribution is -0.144. The molecule has 104 valence electrons. The minimum atomic E-state index is -0.891. The molecule has 0 heterocycles. The van der Waals surface area contributed by atoms with Gasteiger partial charge in [0.1, 0.15) is 5.60 Å². The molecule has 0 unspecified atom stereocenters. The van der Waals surface area contributed by atoms with Gasteiger partial charge in [-0.2, -0.15) is 0 Å². The van der Waals surface area contributed by atoms with Crippen molar-refractivity contribution in [3.63, 3.8) is 0 Å². The molecule has 1 aliphatic carbocycles. The van der Waals surface area contributed by atoms with Gasteiger partial charge in [0.15, 0.2) is 0 Å². The van der Waals surface area contributed by atoms with Gasteiger partial charge in [-0.15, -0.1) is 0 Å². The Morgan fingerprint density at radius 3 is 2.39 bits per heavy atom. The molecule has 0 saturated heterocycles. The fourth-order valence-electron chi connectivity index (χ4n) is 1.99. The monoisotopic (exact) mass is 259 g/mol. The minimum Gasteiger partial charge on any atom is -0.481 e. The molecule has 3 N–H and O–H groups in total. The Hall–Kier alpha value is -1.30. The second-order valence-corrected chi connectivity index (χ2v) is 5.67. The van der Waals surface area contributed by atoms with Gasteiger partial charge in [0, 0.05) is 0 Å². The van der Waals surface area contributed by atoms with Gasteiger partial charge in [-0.1, -0.05) is 0 Å². The Balaban J connectivity index is 2.53. The van der Waals surface area contributed by atoms with Crippen molar-refractivity contribution >= 4 is 12.1 Å². The van der Waals surface area contributed by atoms with Gasteiger partial charge in [0.25, 0.3) is 0 Å². The summed E-state index contributed by atoms with van der Waals surface area (Å²) in [5, 5.41) is 21.2. The van der Waals surface area contributed by atoms with Crippen molar-refractivity contribution < 1.29 is 24.5 Å². The number of carbonyl (C=O) groups is 2. The van der Waals surface area contributed by atoms with E-state index < -0.39 is 35.7 Å². The lowest BCUT2D eigenvalue weighted by atomic mass is 9.84. The van der Waals surface area contributed by atoms with Gasteiger partial charge in [-0.3, -0.25) is 4.79 Å². The number of carbonyl (C=O) groups excluding carboxylic acids is 1. The number of aliphatic hydroxyl groups excluding tert-OH is 1. The van der Waals surface area contributed by atoms with Crippen LogP contribution in [0, 0.1) is 5.92 Å². The molecular weight excluding hydrogens is 238 g/mol. The maximum atomic E-state index is 11.6. The molecule has 6 nitrogen and oxygen atoms in total. The first-order valence-electron chi connectivity index (χ1n) is 6.09. The topological polar surface area (TPSA) is 95.9 Å². The van der Waals surface area contributed by atoms with Gasteiger partial charge in [-0.25, -0.2) is 4.79 Å². The third kappa shape index (κ3) is 4.52. The van der Waals surface area contributed by atoms with E-state index in [1.807, 2.05) is 0 Å². The zero-order chi connectivity index (χ0) is 13.9. The van der Waals surface area contributed by atoms with Crippen molar-refractivity contribution in [3.8, 4) is 0 Å². The average molecular weight is 259 g/mol. The van der Waals surface area contributed by atoms with E-state index in [9.17, 15) is 14.7 Å². The zero-order valence-electron chi connectivity index (χ0n) is 11.0. The van der Waals surface area contributed by atoms with E-state index in [2.05, 4.69) is 5.32 Å². The Kier molecular flexibility index (Phi) is 4.56. The minimum absolute atomic E-state index is 0.232. The van der Waals surface area contributed by atoms with Crippen LogP contribution < -0.4 is 5.32 Å². The number of rotatable bonds is 2. The molecule has 0 aliphatic heterocycles. The number of aliphatic carboxylic acids is 1. The van der Waals surface area contributed by atoms with Crippen LogP contribution in [0.4, 0.5) is 4.79 Å². The molecule has 0 spiro atoms. The number of ether oxygens (including phenoxy) is 1. The van der Waals surface area contributed by atoms with Crippen LogP contribution in [-0.2, 0) is 9.53 Å². The Labute approximate surface area is 106 Å². The first kappa shape index (κ1) is 14.8. The van der Waals surface area contributed by atoms with Crippen LogP contribution in [0.5, 0.6) is 0 Å². The zero-order valence-corrected chi connectivity index (χ0v) is 11.0. The highest BCUT2D eigenvalue weighted by Gasteiger charge is 2.34. The molecule has 6 heteroatoms. The van der Waals surface area contributed by atoms with Crippen molar-refractivity contribution in [2.45, 2.75) is 57.8 Å². The van der Waals surface area contributed by atoms with Crippen LogP contribution >= 0.6 is 0 Å². The average Bonchev–Trinajstić information content (AvgIpc) is 2.18. The summed E-state index contributed by atoms with van der Waals surface area (Å²) in [4.78, 5) is 22.5. The van der Waals surface area contributed by atoms with E-state index in [0.29, 0.717) is 12.8 Å². The molecule has 0 aromatic rings. The van der Waals surface area contributed by atoms with Crippen molar-refractivity contribution in [2.24, 2.45) is 5.92 Å². The van der Waals surface area contributed by atoms with E-state index in [4.69, 9.17) is 9.84 Å². The predicted molar refractivity (Wildman–Crippen MR) is 64.1 cm³/mol. The Morgan fingerprint density at radius 1 is 1.28 bits per heavy atom. The molecule has 1 rings (SSSR count). The molecule has 0 bridgehead atoms. The number of nitrogens with one attached hydrogen (secondary N) is 1. The van der Waals surface area contributed by atoms with E-state index in [1.165, 1.54) is 0 Å².